The largest absolute Gasteiger partial charge is 0.496 e. The van der Waals surface area contributed by atoms with Gasteiger partial charge < -0.3 is 18.9 Å². The fraction of sp³-hybridized carbons (Fsp3) is 0.417. The summed E-state index contributed by atoms with van der Waals surface area (Å²) in [5.74, 6) is 0.899. The number of hydrogen-bond acceptors (Lipinski definition) is 5. The van der Waals surface area contributed by atoms with Gasteiger partial charge in [-0.2, -0.15) is 0 Å². The fourth-order valence-corrected chi connectivity index (χ4v) is 5.38. The van der Waals surface area contributed by atoms with E-state index in [1.54, 1.807) is 28.4 Å². The van der Waals surface area contributed by atoms with E-state index in [2.05, 4.69) is 47.4 Å². The van der Waals surface area contributed by atoms with Crippen LogP contribution < -0.4 is 4.74 Å². The number of rotatable bonds is 4. The summed E-state index contributed by atoms with van der Waals surface area (Å²) in [6, 6.07) is 15.3. The molecule has 0 bridgehead atoms. The fourth-order valence-electron chi connectivity index (χ4n) is 5.38. The highest BCUT2D eigenvalue weighted by molar-refractivity contribution is 6.12. The lowest BCUT2D eigenvalue weighted by molar-refractivity contribution is -0.101. The van der Waals surface area contributed by atoms with E-state index in [1.165, 1.54) is 27.3 Å². The van der Waals surface area contributed by atoms with E-state index >= 15 is 0 Å². The Morgan fingerprint density at radius 1 is 0.897 bits per heavy atom. The second kappa shape index (κ2) is 7.26. The number of hydrogen-bond donors (Lipinski definition) is 0. The molecule has 0 spiro atoms. The molecule has 1 fully saturated rings. The van der Waals surface area contributed by atoms with Crippen molar-refractivity contribution in [3.8, 4) is 5.75 Å². The molecule has 29 heavy (non-hydrogen) atoms. The summed E-state index contributed by atoms with van der Waals surface area (Å²) in [5.41, 5.74) is 2.52. The van der Waals surface area contributed by atoms with Gasteiger partial charge in [0, 0.05) is 39.3 Å². The van der Waals surface area contributed by atoms with Gasteiger partial charge in [-0.15, -0.1) is 0 Å². The van der Waals surface area contributed by atoms with Crippen molar-refractivity contribution in [3.05, 3.63) is 53.6 Å². The monoisotopic (exact) mass is 393 g/mol. The number of fused-ring (bicyclic) bond motifs is 7. The lowest BCUT2D eigenvalue weighted by atomic mass is 9.85. The molecule has 2 aliphatic heterocycles. The second-order valence-electron chi connectivity index (χ2n) is 7.86. The summed E-state index contributed by atoms with van der Waals surface area (Å²) in [6.45, 7) is 0.766. The normalized spacial score (nSPS) is 26.6. The van der Waals surface area contributed by atoms with Crippen LogP contribution in [-0.2, 0) is 14.2 Å². The lowest BCUT2D eigenvalue weighted by Gasteiger charge is -2.39. The standard InChI is InChI=1S/C24H27NO4/c1-26-19-11-14-7-5-6-8-15(14)16-9-10-17-18-12-20(27-2)24(29-4)25(18)13-21(28-3)23(17)22(16)19/h5-11,18,20-21,24H,12-13H2,1-4H3. The minimum atomic E-state index is -0.0648. The number of methoxy groups -OCH3 is 4. The van der Waals surface area contributed by atoms with Crippen molar-refractivity contribution in [3.63, 3.8) is 0 Å². The molecule has 152 valence electrons. The van der Waals surface area contributed by atoms with Crippen LogP contribution in [-0.4, -0.2) is 52.2 Å². The average Bonchev–Trinajstić information content (AvgIpc) is 3.14. The predicted molar refractivity (Wildman–Crippen MR) is 113 cm³/mol. The van der Waals surface area contributed by atoms with Gasteiger partial charge in [0.2, 0.25) is 0 Å². The van der Waals surface area contributed by atoms with Crippen LogP contribution in [0.5, 0.6) is 5.75 Å². The van der Waals surface area contributed by atoms with Crippen LogP contribution in [0.1, 0.15) is 29.7 Å². The Morgan fingerprint density at radius 3 is 2.45 bits per heavy atom. The van der Waals surface area contributed by atoms with Crippen LogP contribution in [0.2, 0.25) is 0 Å². The first-order chi connectivity index (χ1) is 14.2. The quantitative estimate of drug-likeness (QED) is 0.613. The van der Waals surface area contributed by atoms with Gasteiger partial charge in [0.25, 0.3) is 0 Å². The van der Waals surface area contributed by atoms with Gasteiger partial charge in [-0.05, 0) is 39.8 Å². The third-order valence-corrected chi connectivity index (χ3v) is 6.67. The SMILES string of the molecule is COc1cc2ccccc2c2ccc3c(c12)C(OC)CN1C3CC(OC)C1OC. The van der Waals surface area contributed by atoms with Crippen molar-refractivity contribution in [2.24, 2.45) is 0 Å². The lowest BCUT2D eigenvalue weighted by Crippen LogP contribution is -2.43. The Morgan fingerprint density at radius 2 is 1.72 bits per heavy atom. The van der Waals surface area contributed by atoms with Crippen molar-refractivity contribution in [2.45, 2.75) is 30.9 Å². The molecule has 0 N–H and O–H groups in total. The van der Waals surface area contributed by atoms with Gasteiger partial charge in [-0.3, -0.25) is 4.90 Å². The first kappa shape index (κ1) is 18.8. The van der Waals surface area contributed by atoms with Gasteiger partial charge in [0.05, 0.1) is 19.3 Å². The van der Waals surface area contributed by atoms with E-state index in [4.69, 9.17) is 18.9 Å². The number of benzene rings is 3. The van der Waals surface area contributed by atoms with Crippen molar-refractivity contribution in [2.75, 3.05) is 35.0 Å². The van der Waals surface area contributed by atoms with Crippen molar-refractivity contribution in [1.29, 1.82) is 0 Å². The molecule has 5 nitrogen and oxygen atoms in total. The molecule has 5 heteroatoms. The van der Waals surface area contributed by atoms with Crippen molar-refractivity contribution >= 4 is 21.5 Å². The Bertz CT molecular complexity index is 1070. The van der Waals surface area contributed by atoms with Crippen molar-refractivity contribution in [1.82, 2.24) is 4.90 Å². The number of ether oxygens (including phenoxy) is 4. The Hall–Kier alpha value is -2.18. The molecule has 2 aliphatic rings. The average molecular weight is 393 g/mol. The summed E-state index contributed by atoms with van der Waals surface area (Å²) in [5, 5.41) is 4.78. The molecule has 0 aromatic heterocycles. The molecular weight excluding hydrogens is 366 g/mol. The van der Waals surface area contributed by atoms with E-state index in [9.17, 15) is 0 Å². The van der Waals surface area contributed by atoms with Crippen LogP contribution in [0.15, 0.2) is 42.5 Å². The van der Waals surface area contributed by atoms with Gasteiger partial charge in [0.15, 0.2) is 0 Å². The topological polar surface area (TPSA) is 40.2 Å². The molecule has 5 rings (SSSR count). The molecule has 0 amide bonds. The first-order valence-electron chi connectivity index (χ1n) is 10.1. The Kier molecular flexibility index (Phi) is 4.71. The molecule has 4 atom stereocenters. The van der Waals surface area contributed by atoms with Crippen LogP contribution in [0.3, 0.4) is 0 Å². The van der Waals surface area contributed by atoms with E-state index < -0.39 is 0 Å². The van der Waals surface area contributed by atoms with E-state index in [-0.39, 0.29) is 24.5 Å². The highest BCUT2D eigenvalue weighted by Crippen LogP contribution is 2.50. The summed E-state index contributed by atoms with van der Waals surface area (Å²) in [6.07, 6.45) is 0.820. The van der Waals surface area contributed by atoms with Crippen LogP contribution in [0.4, 0.5) is 0 Å². The van der Waals surface area contributed by atoms with E-state index in [1.807, 2.05) is 0 Å². The van der Waals surface area contributed by atoms with E-state index in [0.29, 0.717) is 0 Å². The smallest absolute Gasteiger partial charge is 0.137 e. The molecule has 2 heterocycles. The molecule has 0 aliphatic carbocycles. The Balaban J connectivity index is 1.79. The molecule has 3 aromatic rings. The molecule has 0 radical (unpaired) electrons. The molecule has 3 aromatic carbocycles. The van der Waals surface area contributed by atoms with Crippen LogP contribution in [0.25, 0.3) is 21.5 Å². The molecule has 0 saturated carbocycles. The maximum absolute atomic E-state index is 6.01. The summed E-state index contributed by atoms with van der Waals surface area (Å²) >= 11 is 0. The summed E-state index contributed by atoms with van der Waals surface area (Å²) in [7, 11) is 7.05. The third kappa shape index (κ3) is 2.69. The third-order valence-electron chi connectivity index (χ3n) is 6.67. The highest BCUT2D eigenvalue weighted by Gasteiger charge is 2.47. The molecule has 4 unspecified atom stereocenters. The summed E-state index contributed by atoms with van der Waals surface area (Å²) in [4.78, 5) is 2.38. The van der Waals surface area contributed by atoms with Gasteiger partial charge in [-0.25, -0.2) is 0 Å². The molecule has 1 saturated heterocycles. The Labute approximate surface area is 171 Å². The van der Waals surface area contributed by atoms with Gasteiger partial charge in [0.1, 0.15) is 12.0 Å². The van der Waals surface area contributed by atoms with Crippen LogP contribution in [0, 0.1) is 0 Å². The first-order valence-corrected chi connectivity index (χ1v) is 10.1. The van der Waals surface area contributed by atoms with E-state index in [0.717, 1.165) is 24.1 Å². The summed E-state index contributed by atoms with van der Waals surface area (Å²) < 4.78 is 23.4. The zero-order valence-electron chi connectivity index (χ0n) is 17.3. The minimum Gasteiger partial charge on any atom is -0.496 e. The molecular formula is C24H27NO4. The maximum Gasteiger partial charge on any atom is 0.137 e. The number of nitrogens with zero attached hydrogens (tertiary/aromatic N) is 1. The van der Waals surface area contributed by atoms with Gasteiger partial charge in [-0.1, -0.05) is 36.4 Å². The maximum atomic E-state index is 6.01. The zero-order valence-corrected chi connectivity index (χ0v) is 17.3. The minimum absolute atomic E-state index is 0.0441. The highest BCUT2D eigenvalue weighted by atomic mass is 16.5. The van der Waals surface area contributed by atoms with Gasteiger partial charge >= 0.3 is 0 Å². The van der Waals surface area contributed by atoms with Crippen LogP contribution >= 0.6 is 0 Å². The zero-order chi connectivity index (χ0) is 20.1. The predicted octanol–water partition coefficient (Wildman–Crippen LogP) is 4.44. The van der Waals surface area contributed by atoms with Crippen molar-refractivity contribution < 1.29 is 18.9 Å². The second-order valence-corrected chi connectivity index (χ2v) is 7.86.